The molecule has 9 rings (SSSR count). The summed E-state index contributed by atoms with van der Waals surface area (Å²) in [5, 5.41) is 7.27. The fourth-order valence-corrected chi connectivity index (χ4v) is 6.56. The Labute approximate surface area is 248 Å². The lowest BCUT2D eigenvalue weighted by molar-refractivity contribution is 0.669. The highest BCUT2D eigenvalue weighted by molar-refractivity contribution is 6.13. The van der Waals surface area contributed by atoms with Crippen LogP contribution in [0, 0.1) is 0 Å². The van der Waals surface area contributed by atoms with Crippen molar-refractivity contribution in [3.05, 3.63) is 158 Å². The van der Waals surface area contributed by atoms with Gasteiger partial charge in [-0.1, -0.05) is 78.9 Å². The van der Waals surface area contributed by atoms with Crippen molar-refractivity contribution in [3.63, 3.8) is 0 Å². The van der Waals surface area contributed by atoms with Gasteiger partial charge in [-0.3, -0.25) is 0 Å². The van der Waals surface area contributed by atoms with E-state index < -0.39 is 0 Å². The van der Waals surface area contributed by atoms with Crippen molar-refractivity contribution < 1.29 is 4.42 Å². The molecule has 0 aliphatic carbocycles. The van der Waals surface area contributed by atoms with Crippen LogP contribution in [0.5, 0.6) is 0 Å². The quantitative estimate of drug-likeness (QED) is 0.217. The Morgan fingerprint density at radius 2 is 1.02 bits per heavy atom. The molecule has 0 radical (unpaired) electrons. The molecule has 0 spiro atoms. The molecule has 0 unspecified atom stereocenters. The average Bonchev–Trinajstić information content (AvgIpc) is 3.60. The van der Waals surface area contributed by atoms with Crippen LogP contribution in [0.1, 0.15) is 0 Å². The Bertz CT molecular complexity index is 2450. The predicted molar refractivity (Wildman–Crippen MR) is 180 cm³/mol. The summed E-state index contributed by atoms with van der Waals surface area (Å²) in [7, 11) is 0. The molecule has 0 bridgehead atoms. The summed E-state index contributed by atoms with van der Waals surface area (Å²) in [5.74, 6) is 0. The Morgan fingerprint density at radius 1 is 0.395 bits per heavy atom. The topological polar surface area (TPSA) is 21.3 Å². The van der Waals surface area contributed by atoms with Crippen LogP contribution in [0.3, 0.4) is 0 Å². The Balaban J connectivity index is 1.22. The van der Waals surface area contributed by atoms with Gasteiger partial charge in [-0.15, -0.1) is 0 Å². The molecule has 2 heterocycles. The third-order valence-corrected chi connectivity index (χ3v) is 8.54. The summed E-state index contributed by atoms with van der Waals surface area (Å²) in [6.45, 7) is 0. The largest absolute Gasteiger partial charge is 0.456 e. The lowest BCUT2D eigenvalue weighted by Gasteiger charge is -2.26. The first-order valence-corrected chi connectivity index (χ1v) is 14.6. The van der Waals surface area contributed by atoms with Crippen LogP contribution in [-0.2, 0) is 0 Å². The van der Waals surface area contributed by atoms with E-state index in [0.29, 0.717) is 0 Å². The number of aromatic nitrogens is 1. The molecule has 3 nitrogen and oxygen atoms in total. The maximum atomic E-state index is 6.13. The zero-order chi connectivity index (χ0) is 28.3. The first-order chi connectivity index (χ1) is 21.3. The third kappa shape index (κ3) is 3.75. The van der Waals surface area contributed by atoms with Crippen LogP contribution < -0.4 is 4.90 Å². The summed E-state index contributed by atoms with van der Waals surface area (Å²) in [4.78, 5) is 2.31. The molecule has 0 saturated heterocycles. The van der Waals surface area contributed by atoms with Crippen molar-refractivity contribution in [2.45, 2.75) is 0 Å². The summed E-state index contributed by atoms with van der Waals surface area (Å²) >= 11 is 0. The van der Waals surface area contributed by atoms with E-state index in [1.54, 1.807) is 0 Å². The van der Waals surface area contributed by atoms with Gasteiger partial charge in [0.15, 0.2) is 0 Å². The normalized spacial score (nSPS) is 11.7. The number of rotatable bonds is 4. The highest BCUT2D eigenvalue weighted by atomic mass is 16.3. The van der Waals surface area contributed by atoms with E-state index >= 15 is 0 Å². The van der Waals surface area contributed by atoms with Crippen LogP contribution >= 0.6 is 0 Å². The SMILES string of the molecule is c1ccc(N(c2ccc(-n3c4ccccc4c4cc5ccccc5cc43)cc2)c2ccc3oc4ccccc4c3c2)cc1. The molecule has 0 aliphatic rings. The molecule has 3 heteroatoms. The van der Waals surface area contributed by atoms with Crippen LogP contribution in [-0.4, -0.2) is 4.57 Å². The van der Waals surface area contributed by atoms with Crippen molar-refractivity contribution in [3.8, 4) is 5.69 Å². The fourth-order valence-electron chi connectivity index (χ4n) is 6.56. The number of hydrogen-bond donors (Lipinski definition) is 0. The average molecular weight is 551 g/mol. The van der Waals surface area contributed by atoms with Gasteiger partial charge in [-0.25, -0.2) is 0 Å². The molecular weight excluding hydrogens is 524 g/mol. The molecular formula is C40H26N2O. The van der Waals surface area contributed by atoms with Crippen LogP contribution in [0.15, 0.2) is 162 Å². The molecule has 9 aromatic rings. The third-order valence-electron chi connectivity index (χ3n) is 8.54. The summed E-state index contributed by atoms with van der Waals surface area (Å²) in [5.41, 5.74) is 8.63. The van der Waals surface area contributed by atoms with E-state index in [0.717, 1.165) is 44.7 Å². The van der Waals surface area contributed by atoms with E-state index in [1.165, 1.54) is 32.6 Å². The molecule has 0 atom stereocenters. The standard InChI is InChI=1S/C40H26N2O/c1-2-12-29(13-3-1)41(32-22-23-40-36(26-32)34-15-7-9-17-39(34)43-40)30-18-20-31(21-19-30)42-37-16-8-6-14-33(37)35-24-27-10-4-5-11-28(27)25-38(35)42/h1-26H. The van der Waals surface area contributed by atoms with E-state index in [9.17, 15) is 0 Å². The van der Waals surface area contributed by atoms with Gasteiger partial charge in [0.2, 0.25) is 0 Å². The van der Waals surface area contributed by atoms with E-state index in [1.807, 2.05) is 12.1 Å². The summed E-state index contributed by atoms with van der Waals surface area (Å²) in [6.07, 6.45) is 0. The van der Waals surface area contributed by atoms with Gasteiger partial charge in [0.05, 0.1) is 11.0 Å². The maximum Gasteiger partial charge on any atom is 0.135 e. The number of furan rings is 1. The van der Waals surface area contributed by atoms with E-state index in [-0.39, 0.29) is 0 Å². The first kappa shape index (κ1) is 23.9. The zero-order valence-electron chi connectivity index (χ0n) is 23.3. The minimum Gasteiger partial charge on any atom is -0.456 e. The van der Waals surface area contributed by atoms with Gasteiger partial charge >= 0.3 is 0 Å². The molecule has 2 aromatic heterocycles. The number of benzene rings is 7. The Kier molecular flexibility index (Phi) is 5.20. The predicted octanol–water partition coefficient (Wildman–Crippen LogP) is 11.3. The highest BCUT2D eigenvalue weighted by Crippen LogP contribution is 2.40. The van der Waals surface area contributed by atoms with Gasteiger partial charge in [0, 0.05) is 44.3 Å². The van der Waals surface area contributed by atoms with Crippen LogP contribution in [0.2, 0.25) is 0 Å². The number of nitrogens with zero attached hydrogens (tertiary/aromatic N) is 2. The van der Waals surface area contributed by atoms with Crippen molar-refractivity contribution in [2.24, 2.45) is 0 Å². The second-order valence-electron chi connectivity index (χ2n) is 11.0. The second kappa shape index (κ2) is 9.37. The lowest BCUT2D eigenvalue weighted by atomic mass is 10.1. The number of hydrogen-bond acceptors (Lipinski definition) is 2. The minimum atomic E-state index is 0.896. The molecule has 43 heavy (non-hydrogen) atoms. The maximum absolute atomic E-state index is 6.13. The molecule has 0 aliphatic heterocycles. The zero-order valence-corrected chi connectivity index (χ0v) is 23.3. The molecule has 0 N–H and O–H groups in total. The summed E-state index contributed by atoms with van der Waals surface area (Å²) < 4.78 is 8.52. The van der Waals surface area contributed by atoms with Gasteiger partial charge in [0.1, 0.15) is 11.2 Å². The Morgan fingerprint density at radius 3 is 1.86 bits per heavy atom. The molecule has 0 amide bonds. The van der Waals surface area contributed by atoms with Crippen LogP contribution in [0.4, 0.5) is 17.1 Å². The first-order valence-electron chi connectivity index (χ1n) is 14.6. The molecule has 0 saturated carbocycles. The van der Waals surface area contributed by atoms with Gasteiger partial charge < -0.3 is 13.9 Å². The van der Waals surface area contributed by atoms with E-state index in [4.69, 9.17) is 4.42 Å². The smallest absolute Gasteiger partial charge is 0.135 e. The minimum absolute atomic E-state index is 0.896. The molecule has 7 aromatic carbocycles. The van der Waals surface area contributed by atoms with Gasteiger partial charge in [-0.05, 0) is 89.6 Å². The fraction of sp³-hybridized carbons (Fsp3) is 0. The van der Waals surface area contributed by atoms with E-state index in [2.05, 4.69) is 155 Å². The lowest BCUT2D eigenvalue weighted by Crippen LogP contribution is -2.09. The number of para-hydroxylation sites is 3. The van der Waals surface area contributed by atoms with Crippen molar-refractivity contribution in [2.75, 3.05) is 4.90 Å². The summed E-state index contributed by atoms with van der Waals surface area (Å²) in [6, 6.07) is 56.1. The van der Waals surface area contributed by atoms with Crippen LogP contribution in [0.25, 0.3) is 60.2 Å². The monoisotopic (exact) mass is 550 g/mol. The van der Waals surface area contributed by atoms with Gasteiger partial charge in [-0.2, -0.15) is 0 Å². The molecule has 0 fully saturated rings. The van der Waals surface area contributed by atoms with Crippen molar-refractivity contribution in [1.82, 2.24) is 4.57 Å². The molecule has 202 valence electrons. The Hall–Kier alpha value is -5.80. The van der Waals surface area contributed by atoms with Crippen molar-refractivity contribution >= 4 is 71.6 Å². The van der Waals surface area contributed by atoms with Gasteiger partial charge in [0.25, 0.3) is 0 Å². The number of fused-ring (bicyclic) bond motifs is 7. The second-order valence-corrected chi connectivity index (χ2v) is 11.0. The highest BCUT2D eigenvalue weighted by Gasteiger charge is 2.17. The van der Waals surface area contributed by atoms with Crippen molar-refractivity contribution in [1.29, 1.82) is 0 Å². The number of anilines is 3.